The minimum atomic E-state index is -0.935. The lowest BCUT2D eigenvalue weighted by Gasteiger charge is -2.40. The number of piperidine rings is 1. The van der Waals surface area contributed by atoms with Crippen LogP contribution in [0.3, 0.4) is 0 Å². The van der Waals surface area contributed by atoms with Crippen molar-refractivity contribution in [2.24, 2.45) is 0 Å². The Balaban J connectivity index is 1.26. The normalized spacial score (nSPS) is 26.2. The van der Waals surface area contributed by atoms with E-state index < -0.39 is 6.17 Å². The summed E-state index contributed by atoms with van der Waals surface area (Å²) in [6.45, 7) is 0. The first-order chi connectivity index (χ1) is 16.1. The van der Waals surface area contributed by atoms with Crippen LogP contribution in [0.25, 0.3) is 22.0 Å². The van der Waals surface area contributed by atoms with Crippen LogP contribution in [0.4, 0.5) is 10.2 Å². The number of halogens is 1. The second-order valence-corrected chi connectivity index (χ2v) is 9.81. The number of aromatic hydroxyl groups is 1. The van der Waals surface area contributed by atoms with Crippen molar-refractivity contribution in [2.75, 3.05) is 4.90 Å². The number of aromatic nitrogens is 4. The Morgan fingerprint density at radius 1 is 1.21 bits per heavy atom. The summed E-state index contributed by atoms with van der Waals surface area (Å²) in [6.07, 6.45) is 5.45. The molecule has 1 aromatic carbocycles. The Morgan fingerprint density at radius 3 is 2.79 bits per heavy atom. The average molecular weight is 464 g/mol. The van der Waals surface area contributed by atoms with Crippen LogP contribution >= 0.6 is 11.3 Å². The van der Waals surface area contributed by atoms with Gasteiger partial charge in [0.2, 0.25) is 0 Å². The van der Waals surface area contributed by atoms with E-state index >= 15 is 4.39 Å². The number of rotatable bonds is 5. The topological polar surface area (TPSA) is 111 Å². The van der Waals surface area contributed by atoms with Gasteiger partial charge in [-0.15, -0.1) is 21.5 Å². The Kier molecular flexibility index (Phi) is 4.96. The maximum absolute atomic E-state index is 15.2. The van der Waals surface area contributed by atoms with Crippen LogP contribution < -0.4 is 10.2 Å². The second-order valence-electron chi connectivity index (χ2n) is 8.95. The highest BCUT2D eigenvalue weighted by Gasteiger charge is 2.48. The first kappa shape index (κ1) is 20.4. The Labute approximate surface area is 194 Å². The number of fused-ring (bicyclic) bond motifs is 2. The molecule has 8 nitrogen and oxygen atoms in total. The van der Waals surface area contributed by atoms with Gasteiger partial charge in [-0.05, 0) is 44.2 Å². The molecule has 0 amide bonds. The molecular weight excluding hydrogens is 441 g/mol. The largest absolute Gasteiger partial charge is 0.507 e. The van der Waals surface area contributed by atoms with E-state index in [1.165, 1.54) is 11.3 Å². The lowest BCUT2D eigenvalue weighted by Crippen LogP contribution is -2.57. The number of hydrogen-bond donors (Lipinski definition) is 2. The van der Waals surface area contributed by atoms with Crippen molar-refractivity contribution in [3.63, 3.8) is 0 Å². The van der Waals surface area contributed by atoms with Crippen molar-refractivity contribution in [1.82, 2.24) is 25.5 Å². The van der Waals surface area contributed by atoms with Crippen molar-refractivity contribution >= 4 is 17.2 Å². The summed E-state index contributed by atoms with van der Waals surface area (Å²) in [7, 11) is 0. The van der Waals surface area contributed by atoms with Crippen LogP contribution in [0.1, 0.15) is 37.8 Å². The first-order valence-corrected chi connectivity index (χ1v) is 12.1. The average Bonchev–Trinajstić information content (AvgIpc) is 3.39. The molecule has 2 saturated heterocycles. The van der Waals surface area contributed by atoms with Gasteiger partial charge in [0, 0.05) is 29.1 Å². The van der Waals surface area contributed by atoms with Crippen LogP contribution in [0.5, 0.6) is 5.75 Å². The zero-order valence-electron chi connectivity index (χ0n) is 17.7. The number of nitriles is 1. The van der Waals surface area contributed by atoms with E-state index in [2.05, 4.69) is 30.4 Å². The molecule has 0 radical (unpaired) electrons. The molecule has 6 rings (SSSR count). The predicted molar refractivity (Wildman–Crippen MR) is 121 cm³/mol. The van der Waals surface area contributed by atoms with Crippen molar-refractivity contribution in [1.29, 1.82) is 5.26 Å². The van der Waals surface area contributed by atoms with Crippen LogP contribution in [0.15, 0.2) is 29.8 Å². The summed E-state index contributed by atoms with van der Waals surface area (Å²) in [5.74, 6) is 0.907. The fraction of sp³-hybridized carbons (Fsp3) is 0.435. The van der Waals surface area contributed by atoms with Gasteiger partial charge in [-0.3, -0.25) is 0 Å². The zero-order valence-corrected chi connectivity index (χ0v) is 18.5. The molecule has 4 atom stereocenters. The first-order valence-electron chi connectivity index (χ1n) is 11.2. The van der Waals surface area contributed by atoms with Crippen molar-refractivity contribution in [3.8, 4) is 33.8 Å². The quantitative estimate of drug-likeness (QED) is 0.592. The molecule has 3 fully saturated rings. The number of hydrogen-bond acceptors (Lipinski definition) is 9. The number of phenolic OH excluding ortho intramolecular Hbond substituents is 1. The summed E-state index contributed by atoms with van der Waals surface area (Å²) in [4.78, 5) is 10.8. The van der Waals surface area contributed by atoms with Gasteiger partial charge in [-0.25, -0.2) is 14.4 Å². The molecule has 2 aromatic heterocycles. The predicted octanol–water partition coefficient (Wildman–Crippen LogP) is 3.44. The van der Waals surface area contributed by atoms with Gasteiger partial charge in [0.15, 0.2) is 17.3 Å². The van der Waals surface area contributed by atoms with Crippen molar-refractivity contribution in [2.45, 2.75) is 62.4 Å². The maximum atomic E-state index is 15.2. The van der Waals surface area contributed by atoms with E-state index in [-0.39, 0.29) is 23.9 Å². The molecular formula is C23H22FN7OS. The van der Waals surface area contributed by atoms with E-state index in [9.17, 15) is 5.11 Å². The van der Waals surface area contributed by atoms with Gasteiger partial charge in [-0.2, -0.15) is 5.26 Å². The van der Waals surface area contributed by atoms with Gasteiger partial charge in [-0.1, -0.05) is 6.07 Å². The minimum absolute atomic E-state index is 0.00793. The zero-order chi connectivity index (χ0) is 22.5. The number of nitrogens with zero attached hydrogens (tertiary/aromatic N) is 6. The molecule has 4 heterocycles. The number of alkyl halides is 1. The van der Waals surface area contributed by atoms with Crippen LogP contribution in [0.2, 0.25) is 0 Å². The molecule has 168 valence electrons. The number of benzene rings is 1. The van der Waals surface area contributed by atoms with E-state index in [4.69, 9.17) is 5.26 Å². The van der Waals surface area contributed by atoms with Crippen LogP contribution in [-0.2, 0) is 0 Å². The highest BCUT2D eigenvalue weighted by molar-refractivity contribution is 7.13. The molecule has 3 aromatic rings. The number of nitrogens with one attached hydrogen (secondary N) is 1. The number of anilines is 1. The molecule has 1 aliphatic carbocycles. The Bertz CT molecular complexity index is 1220. The van der Waals surface area contributed by atoms with Gasteiger partial charge in [0.1, 0.15) is 23.0 Å². The molecule has 0 unspecified atom stereocenters. The highest BCUT2D eigenvalue weighted by Crippen LogP contribution is 2.40. The van der Waals surface area contributed by atoms with E-state index in [0.29, 0.717) is 39.5 Å². The van der Waals surface area contributed by atoms with Crippen molar-refractivity contribution < 1.29 is 9.50 Å². The molecule has 10 heteroatoms. The SMILES string of the molecule is N#Cc1csc(-c2ccc(-c3ncc(N(C4CC4)[C@@H]4C[C@@H]5CC[C@@H](N5)[C@@H]4F)nn3)c(O)c2)n1. The van der Waals surface area contributed by atoms with Crippen LogP contribution in [-0.4, -0.2) is 55.6 Å². The number of thiazole rings is 1. The highest BCUT2D eigenvalue weighted by atomic mass is 32.1. The number of phenols is 1. The third-order valence-corrected chi connectivity index (χ3v) is 7.66. The molecule has 2 bridgehead atoms. The van der Waals surface area contributed by atoms with Gasteiger partial charge in [0.25, 0.3) is 0 Å². The minimum Gasteiger partial charge on any atom is -0.507 e. The standard InChI is InChI=1S/C23H22FN7OS/c24-21-17-6-2-13(27-17)8-18(21)31(15-3-4-15)20-10-26-22(30-29-20)16-5-1-12(7-19(16)32)23-28-14(9-25)11-33-23/h1,5,7,10-11,13,15,17-18,21,27,32H,2-4,6,8H2/t13-,17+,18+,21-/m0/s1. The fourth-order valence-corrected chi connectivity index (χ4v) is 5.79. The van der Waals surface area contributed by atoms with Gasteiger partial charge in [0.05, 0.1) is 17.8 Å². The van der Waals surface area contributed by atoms with E-state index in [1.54, 1.807) is 29.8 Å². The molecule has 1 saturated carbocycles. The summed E-state index contributed by atoms with van der Waals surface area (Å²) < 4.78 is 15.2. The van der Waals surface area contributed by atoms with Gasteiger partial charge >= 0.3 is 0 Å². The molecule has 0 spiro atoms. The molecule has 2 aliphatic heterocycles. The Morgan fingerprint density at radius 2 is 2.09 bits per heavy atom. The van der Waals surface area contributed by atoms with E-state index in [0.717, 1.165) is 32.1 Å². The Hall–Kier alpha value is -3.16. The lowest BCUT2D eigenvalue weighted by atomic mass is 9.96. The fourth-order valence-electron chi connectivity index (χ4n) is 5.05. The summed E-state index contributed by atoms with van der Waals surface area (Å²) in [5.41, 5.74) is 1.51. The van der Waals surface area contributed by atoms with E-state index in [1.807, 2.05) is 6.07 Å². The molecule has 2 N–H and O–H groups in total. The molecule has 3 aliphatic rings. The third-order valence-electron chi connectivity index (χ3n) is 6.77. The molecule has 33 heavy (non-hydrogen) atoms. The monoisotopic (exact) mass is 463 g/mol. The smallest absolute Gasteiger partial charge is 0.185 e. The summed E-state index contributed by atoms with van der Waals surface area (Å²) in [6, 6.07) is 7.49. The second kappa shape index (κ2) is 8.01. The maximum Gasteiger partial charge on any atom is 0.185 e. The van der Waals surface area contributed by atoms with Gasteiger partial charge < -0.3 is 15.3 Å². The van der Waals surface area contributed by atoms with Crippen molar-refractivity contribution in [3.05, 3.63) is 35.5 Å². The van der Waals surface area contributed by atoms with Crippen LogP contribution in [0, 0.1) is 11.3 Å². The third kappa shape index (κ3) is 3.71. The summed E-state index contributed by atoms with van der Waals surface area (Å²) >= 11 is 1.34. The summed E-state index contributed by atoms with van der Waals surface area (Å²) in [5, 5.41) is 34.0. The lowest BCUT2D eigenvalue weighted by molar-refractivity contribution is 0.171.